The van der Waals surface area contributed by atoms with Crippen LogP contribution in [0.4, 0.5) is 5.69 Å². The van der Waals surface area contributed by atoms with Gasteiger partial charge >= 0.3 is 5.97 Å². The molecule has 2 fully saturated rings. The number of hydrogen-bond acceptors (Lipinski definition) is 8. The number of methoxy groups -OCH3 is 2. The summed E-state index contributed by atoms with van der Waals surface area (Å²) in [5, 5.41) is 8.82. The summed E-state index contributed by atoms with van der Waals surface area (Å²) in [6, 6.07) is 2.66. The van der Waals surface area contributed by atoms with Gasteiger partial charge in [0.25, 0.3) is 5.91 Å². The molecular formula is C17H19ClN2O8S2. The largest absolute Gasteiger partial charge is 0.495 e. The number of nitrogens with zero attached hydrogens (tertiary/aromatic N) is 2. The average molecular weight is 479 g/mol. The molecule has 2 saturated heterocycles. The van der Waals surface area contributed by atoms with Crippen LogP contribution in [0.25, 0.3) is 0 Å². The van der Waals surface area contributed by atoms with Crippen molar-refractivity contribution in [2.45, 2.75) is 11.3 Å². The molecule has 2 aliphatic rings. The van der Waals surface area contributed by atoms with Crippen molar-refractivity contribution in [3.05, 3.63) is 17.2 Å². The maximum absolute atomic E-state index is 12.2. The van der Waals surface area contributed by atoms with E-state index in [9.17, 15) is 18.0 Å². The number of benzene rings is 1. The zero-order valence-corrected chi connectivity index (χ0v) is 18.4. The van der Waals surface area contributed by atoms with Gasteiger partial charge in [0.05, 0.1) is 42.5 Å². The minimum atomic E-state index is -3.26. The molecule has 1 aromatic rings. The molecule has 164 valence electrons. The maximum atomic E-state index is 12.2. The van der Waals surface area contributed by atoms with Gasteiger partial charge in [0.1, 0.15) is 24.7 Å². The molecule has 0 saturated carbocycles. The SMILES string of the molecule is COc1cc(OC)c(N2C(=NC(=O)COCC(=O)O)S[C@H]3CS(=O)(=O)C[C@H]32)cc1Cl. The third kappa shape index (κ3) is 4.82. The number of rotatable bonds is 7. The summed E-state index contributed by atoms with van der Waals surface area (Å²) in [4.78, 5) is 28.4. The number of carbonyl (C=O) groups is 2. The van der Waals surface area contributed by atoms with Crippen molar-refractivity contribution in [1.29, 1.82) is 0 Å². The van der Waals surface area contributed by atoms with E-state index in [1.165, 1.54) is 14.2 Å². The van der Waals surface area contributed by atoms with Crippen molar-refractivity contribution in [2.75, 3.05) is 43.8 Å². The second kappa shape index (κ2) is 9.00. The second-order valence-corrected chi connectivity index (χ2v) is 10.3. The number of sulfone groups is 1. The number of amidine groups is 1. The van der Waals surface area contributed by atoms with Crippen molar-refractivity contribution in [3.63, 3.8) is 0 Å². The maximum Gasteiger partial charge on any atom is 0.329 e. The van der Waals surface area contributed by atoms with Crippen LogP contribution in [0.3, 0.4) is 0 Å². The first-order valence-electron chi connectivity index (χ1n) is 8.64. The molecule has 0 aromatic heterocycles. The van der Waals surface area contributed by atoms with Crippen molar-refractivity contribution in [2.24, 2.45) is 4.99 Å². The quantitative estimate of drug-likeness (QED) is 0.606. The zero-order valence-electron chi connectivity index (χ0n) is 16.0. The number of aliphatic carboxylic acids is 1. The van der Waals surface area contributed by atoms with E-state index < -0.39 is 41.0 Å². The van der Waals surface area contributed by atoms with Crippen LogP contribution < -0.4 is 14.4 Å². The van der Waals surface area contributed by atoms with Gasteiger partial charge in [-0.15, -0.1) is 0 Å². The summed E-state index contributed by atoms with van der Waals surface area (Å²) in [6.07, 6.45) is 0. The molecule has 1 aromatic carbocycles. The fraction of sp³-hybridized carbons (Fsp3) is 0.471. The Morgan fingerprint density at radius 1 is 1.23 bits per heavy atom. The first-order chi connectivity index (χ1) is 14.1. The highest BCUT2D eigenvalue weighted by Crippen LogP contribution is 2.46. The highest BCUT2D eigenvalue weighted by atomic mass is 35.5. The summed E-state index contributed by atoms with van der Waals surface area (Å²) in [7, 11) is -0.358. The summed E-state index contributed by atoms with van der Waals surface area (Å²) in [6.45, 7) is -1.14. The molecule has 10 nitrogen and oxygen atoms in total. The Labute approximate surface area is 182 Å². The normalized spacial score (nSPS) is 23.4. The van der Waals surface area contributed by atoms with E-state index in [0.717, 1.165) is 11.8 Å². The van der Waals surface area contributed by atoms with E-state index in [0.29, 0.717) is 17.2 Å². The predicted molar refractivity (Wildman–Crippen MR) is 112 cm³/mol. The number of halogens is 1. The van der Waals surface area contributed by atoms with Crippen LogP contribution >= 0.6 is 23.4 Å². The van der Waals surface area contributed by atoms with Gasteiger partial charge in [0.2, 0.25) is 0 Å². The first kappa shape index (κ1) is 22.7. The third-order valence-electron chi connectivity index (χ3n) is 4.45. The average Bonchev–Trinajstić information content (AvgIpc) is 3.11. The van der Waals surface area contributed by atoms with E-state index in [2.05, 4.69) is 4.99 Å². The van der Waals surface area contributed by atoms with E-state index in [1.807, 2.05) is 0 Å². The Balaban J connectivity index is 1.98. The summed E-state index contributed by atoms with van der Waals surface area (Å²) >= 11 is 7.44. The van der Waals surface area contributed by atoms with Crippen molar-refractivity contribution >= 4 is 55.9 Å². The molecule has 0 spiro atoms. The molecule has 3 rings (SSSR count). The third-order valence-corrected chi connectivity index (χ3v) is 7.96. The van der Waals surface area contributed by atoms with E-state index >= 15 is 0 Å². The minimum absolute atomic E-state index is 0.0479. The number of fused-ring (bicyclic) bond motifs is 1. The lowest BCUT2D eigenvalue weighted by Gasteiger charge is -2.26. The number of hydrogen-bond donors (Lipinski definition) is 1. The Morgan fingerprint density at radius 3 is 2.57 bits per heavy atom. The minimum Gasteiger partial charge on any atom is -0.495 e. The molecule has 2 heterocycles. The van der Waals surface area contributed by atoms with Crippen LogP contribution in [-0.2, 0) is 24.2 Å². The fourth-order valence-electron chi connectivity index (χ4n) is 3.24. The number of aliphatic imine (C=N–C) groups is 1. The Morgan fingerprint density at radius 2 is 1.93 bits per heavy atom. The highest BCUT2D eigenvalue weighted by molar-refractivity contribution is 8.16. The number of thioether (sulfide) groups is 1. The lowest BCUT2D eigenvalue weighted by Crippen LogP contribution is -2.38. The lowest BCUT2D eigenvalue weighted by molar-refractivity contribution is -0.143. The summed E-state index contributed by atoms with van der Waals surface area (Å²) in [5.41, 5.74) is 0.443. The highest BCUT2D eigenvalue weighted by Gasteiger charge is 2.50. The molecule has 13 heteroatoms. The Bertz CT molecular complexity index is 998. The number of carboxylic acid groups (broad SMARTS) is 1. The van der Waals surface area contributed by atoms with Crippen molar-refractivity contribution in [1.82, 2.24) is 0 Å². The van der Waals surface area contributed by atoms with Crippen molar-refractivity contribution in [3.8, 4) is 11.5 Å². The molecule has 2 atom stereocenters. The zero-order chi connectivity index (χ0) is 22.1. The van der Waals surface area contributed by atoms with Gasteiger partial charge in [-0.3, -0.25) is 4.79 Å². The van der Waals surface area contributed by atoms with E-state index in [4.69, 9.17) is 30.9 Å². The Hall–Kier alpha value is -2.02. The first-order valence-corrected chi connectivity index (χ1v) is 11.7. The van der Waals surface area contributed by atoms with Gasteiger partial charge in [-0.05, 0) is 6.07 Å². The van der Waals surface area contributed by atoms with Gasteiger partial charge in [-0.2, -0.15) is 4.99 Å². The molecule has 0 radical (unpaired) electrons. The standard InChI is InChI=1S/C17H19ClN2O8S2/c1-26-12-4-13(27-2)10(3-9(12)18)20-11-7-30(24,25)8-14(11)29-17(20)19-15(21)5-28-6-16(22)23/h3-4,11,14H,5-8H2,1-2H3,(H,22,23)/t11-,14+/m1/s1. The van der Waals surface area contributed by atoms with E-state index in [-0.39, 0.29) is 26.9 Å². The summed E-state index contributed by atoms with van der Waals surface area (Å²) in [5.74, 6) is -1.32. The number of amides is 1. The molecule has 0 aliphatic carbocycles. The molecule has 0 bridgehead atoms. The predicted octanol–water partition coefficient (Wildman–Crippen LogP) is 1.06. The van der Waals surface area contributed by atoms with Gasteiger partial charge in [-0.25, -0.2) is 13.2 Å². The van der Waals surface area contributed by atoms with Gasteiger partial charge in [-0.1, -0.05) is 23.4 Å². The topological polar surface area (TPSA) is 132 Å². The molecule has 0 unspecified atom stereocenters. The molecule has 1 amide bonds. The van der Waals surface area contributed by atoms with Crippen LogP contribution in [0, 0.1) is 0 Å². The monoisotopic (exact) mass is 478 g/mol. The van der Waals surface area contributed by atoms with Crippen LogP contribution in [0.2, 0.25) is 5.02 Å². The number of ether oxygens (including phenoxy) is 3. The van der Waals surface area contributed by atoms with E-state index in [1.54, 1.807) is 17.0 Å². The molecule has 1 N–H and O–H groups in total. The number of carboxylic acids is 1. The smallest absolute Gasteiger partial charge is 0.329 e. The van der Waals surface area contributed by atoms with Crippen LogP contribution in [-0.4, -0.2) is 80.8 Å². The molecular weight excluding hydrogens is 460 g/mol. The van der Waals surface area contributed by atoms with Gasteiger partial charge in [0.15, 0.2) is 15.0 Å². The molecule has 30 heavy (non-hydrogen) atoms. The summed E-state index contributed by atoms with van der Waals surface area (Å²) < 4.78 is 39.8. The Kier molecular flexibility index (Phi) is 6.80. The van der Waals surface area contributed by atoms with Crippen molar-refractivity contribution < 1.29 is 37.3 Å². The lowest BCUT2D eigenvalue weighted by atomic mass is 10.2. The fourth-order valence-corrected chi connectivity index (χ4v) is 7.40. The molecule has 2 aliphatic heterocycles. The number of carbonyl (C=O) groups excluding carboxylic acids is 1. The van der Waals surface area contributed by atoms with Gasteiger partial charge < -0.3 is 24.2 Å². The van der Waals surface area contributed by atoms with Crippen LogP contribution in [0.5, 0.6) is 11.5 Å². The van der Waals surface area contributed by atoms with Gasteiger partial charge in [0, 0.05) is 11.3 Å². The van der Waals surface area contributed by atoms with Crippen LogP contribution in [0.1, 0.15) is 0 Å². The van der Waals surface area contributed by atoms with Crippen LogP contribution in [0.15, 0.2) is 17.1 Å². The second-order valence-electron chi connectivity index (χ2n) is 6.50. The number of anilines is 1.